The van der Waals surface area contributed by atoms with Crippen molar-refractivity contribution in [3.63, 3.8) is 0 Å². The topological polar surface area (TPSA) is 68.1 Å². The molecule has 0 bridgehead atoms. The van der Waals surface area contributed by atoms with Crippen molar-refractivity contribution in [1.82, 2.24) is 19.4 Å². The van der Waals surface area contributed by atoms with Gasteiger partial charge in [0.05, 0.1) is 6.04 Å². The number of hydrogen-bond donors (Lipinski definition) is 0. The standard InChI is InChI=1S/C19H24N4O2/c1-14-12-15(2)22(19(25)21-14)11-8-18(24)23-10-4-3-7-17(23)16-6-5-9-20-13-16/h5-6,9,12-13,17H,3-4,7-8,10-11H2,1-2H3/t17-/m1/s1. The number of rotatable bonds is 4. The zero-order valence-electron chi connectivity index (χ0n) is 14.8. The maximum absolute atomic E-state index is 12.8. The summed E-state index contributed by atoms with van der Waals surface area (Å²) in [4.78, 5) is 35.0. The van der Waals surface area contributed by atoms with Gasteiger partial charge in [-0.25, -0.2) is 4.79 Å². The highest BCUT2D eigenvalue weighted by Crippen LogP contribution is 2.30. The number of nitrogens with zero attached hydrogens (tertiary/aromatic N) is 4. The average Bonchev–Trinajstić information content (AvgIpc) is 2.61. The molecule has 132 valence electrons. The molecule has 1 atom stereocenters. The molecule has 3 heterocycles. The molecular weight excluding hydrogens is 316 g/mol. The number of carbonyl (C=O) groups is 1. The van der Waals surface area contributed by atoms with Crippen LogP contribution in [0.4, 0.5) is 0 Å². The summed E-state index contributed by atoms with van der Waals surface area (Å²) in [7, 11) is 0. The molecule has 1 aliphatic rings. The summed E-state index contributed by atoms with van der Waals surface area (Å²) >= 11 is 0. The van der Waals surface area contributed by atoms with Crippen LogP contribution in [0.15, 0.2) is 35.4 Å². The number of pyridine rings is 1. The highest BCUT2D eigenvalue weighted by Gasteiger charge is 2.27. The van der Waals surface area contributed by atoms with Gasteiger partial charge in [0.2, 0.25) is 5.91 Å². The quantitative estimate of drug-likeness (QED) is 0.857. The molecule has 0 aliphatic carbocycles. The Morgan fingerprint density at radius 3 is 2.88 bits per heavy atom. The molecule has 1 saturated heterocycles. The molecule has 1 amide bonds. The van der Waals surface area contributed by atoms with Crippen LogP contribution in [0.25, 0.3) is 0 Å². The number of likely N-dealkylation sites (tertiary alicyclic amines) is 1. The minimum atomic E-state index is -0.284. The third kappa shape index (κ3) is 3.95. The van der Waals surface area contributed by atoms with Crippen LogP contribution >= 0.6 is 0 Å². The Labute approximate surface area is 147 Å². The van der Waals surface area contributed by atoms with E-state index in [1.807, 2.05) is 36.2 Å². The molecule has 6 heteroatoms. The number of amides is 1. The molecule has 0 saturated carbocycles. The van der Waals surface area contributed by atoms with Crippen LogP contribution in [-0.2, 0) is 11.3 Å². The first-order chi connectivity index (χ1) is 12.1. The van der Waals surface area contributed by atoms with Gasteiger partial charge in [0.25, 0.3) is 0 Å². The molecule has 2 aromatic rings. The van der Waals surface area contributed by atoms with Crippen LogP contribution in [0.5, 0.6) is 0 Å². The van der Waals surface area contributed by atoms with E-state index in [-0.39, 0.29) is 17.6 Å². The number of carbonyl (C=O) groups excluding carboxylic acids is 1. The van der Waals surface area contributed by atoms with Crippen LogP contribution in [-0.4, -0.2) is 31.9 Å². The maximum Gasteiger partial charge on any atom is 0.347 e. The highest BCUT2D eigenvalue weighted by atomic mass is 16.2. The third-order valence-electron chi connectivity index (χ3n) is 4.79. The number of aromatic nitrogens is 3. The second kappa shape index (κ2) is 7.59. The van der Waals surface area contributed by atoms with Crippen LogP contribution in [0.1, 0.15) is 48.7 Å². The Balaban J connectivity index is 1.72. The summed E-state index contributed by atoms with van der Waals surface area (Å²) in [6, 6.07) is 5.89. The summed E-state index contributed by atoms with van der Waals surface area (Å²) in [5.74, 6) is 0.0837. The van der Waals surface area contributed by atoms with E-state index in [2.05, 4.69) is 9.97 Å². The normalized spacial score (nSPS) is 17.5. The monoisotopic (exact) mass is 340 g/mol. The van der Waals surface area contributed by atoms with E-state index in [1.165, 1.54) is 0 Å². The summed E-state index contributed by atoms with van der Waals surface area (Å²) in [6.45, 7) is 4.81. The van der Waals surface area contributed by atoms with Gasteiger partial charge in [0, 0.05) is 43.3 Å². The van der Waals surface area contributed by atoms with Crippen molar-refractivity contribution in [1.29, 1.82) is 0 Å². The highest BCUT2D eigenvalue weighted by molar-refractivity contribution is 5.76. The third-order valence-corrected chi connectivity index (χ3v) is 4.79. The molecule has 0 aromatic carbocycles. The predicted octanol–water partition coefficient (Wildman–Crippen LogP) is 2.40. The van der Waals surface area contributed by atoms with Crippen molar-refractivity contribution in [2.24, 2.45) is 0 Å². The van der Waals surface area contributed by atoms with Gasteiger partial charge in [0.1, 0.15) is 0 Å². The minimum Gasteiger partial charge on any atom is -0.336 e. The van der Waals surface area contributed by atoms with E-state index in [1.54, 1.807) is 17.7 Å². The van der Waals surface area contributed by atoms with Gasteiger partial charge in [0.15, 0.2) is 0 Å². The molecule has 1 fully saturated rings. The fourth-order valence-corrected chi connectivity index (χ4v) is 3.55. The van der Waals surface area contributed by atoms with Crippen molar-refractivity contribution in [3.05, 3.63) is 58.0 Å². The molecule has 0 unspecified atom stereocenters. The molecule has 0 radical (unpaired) electrons. The number of aryl methyl sites for hydroxylation is 2. The number of hydrogen-bond acceptors (Lipinski definition) is 4. The van der Waals surface area contributed by atoms with Gasteiger partial charge in [-0.1, -0.05) is 6.07 Å². The second-order valence-electron chi connectivity index (χ2n) is 6.61. The molecule has 6 nitrogen and oxygen atoms in total. The van der Waals surface area contributed by atoms with E-state index >= 15 is 0 Å². The van der Waals surface area contributed by atoms with Crippen LogP contribution in [0.3, 0.4) is 0 Å². The van der Waals surface area contributed by atoms with Crippen LogP contribution < -0.4 is 5.69 Å². The molecule has 2 aromatic heterocycles. The Bertz CT molecular complexity index is 801. The Hall–Kier alpha value is -2.50. The summed E-state index contributed by atoms with van der Waals surface area (Å²) in [5.41, 5.74) is 2.35. The van der Waals surface area contributed by atoms with Gasteiger partial charge in [-0.15, -0.1) is 0 Å². The Kier molecular flexibility index (Phi) is 5.26. The van der Waals surface area contributed by atoms with Crippen molar-refractivity contribution < 1.29 is 4.79 Å². The lowest BCUT2D eigenvalue weighted by Crippen LogP contribution is -2.39. The minimum absolute atomic E-state index is 0.0837. The lowest BCUT2D eigenvalue weighted by molar-refractivity contribution is -0.135. The molecule has 0 spiro atoms. The van der Waals surface area contributed by atoms with Gasteiger partial charge in [-0.05, 0) is 50.8 Å². The first-order valence-corrected chi connectivity index (χ1v) is 8.81. The SMILES string of the molecule is Cc1cc(C)n(CCC(=O)N2CCCC[C@@H]2c2cccnc2)c(=O)n1. The van der Waals surface area contributed by atoms with Crippen LogP contribution in [0, 0.1) is 13.8 Å². The largest absolute Gasteiger partial charge is 0.347 e. The first-order valence-electron chi connectivity index (χ1n) is 8.81. The van der Waals surface area contributed by atoms with Gasteiger partial charge < -0.3 is 4.90 Å². The lowest BCUT2D eigenvalue weighted by atomic mass is 9.96. The van der Waals surface area contributed by atoms with E-state index in [0.29, 0.717) is 18.7 Å². The Morgan fingerprint density at radius 2 is 2.16 bits per heavy atom. The number of piperidine rings is 1. The summed E-state index contributed by atoms with van der Waals surface area (Å²) in [6.07, 6.45) is 7.00. The zero-order chi connectivity index (χ0) is 17.8. The van der Waals surface area contributed by atoms with Gasteiger partial charge in [-0.2, -0.15) is 4.98 Å². The second-order valence-corrected chi connectivity index (χ2v) is 6.61. The lowest BCUT2D eigenvalue weighted by Gasteiger charge is -2.36. The van der Waals surface area contributed by atoms with Gasteiger partial charge >= 0.3 is 5.69 Å². The maximum atomic E-state index is 12.8. The zero-order valence-corrected chi connectivity index (χ0v) is 14.8. The van der Waals surface area contributed by atoms with Crippen molar-refractivity contribution in [3.8, 4) is 0 Å². The van der Waals surface area contributed by atoms with Crippen molar-refractivity contribution in [2.75, 3.05) is 6.54 Å². The van der Waals surface area contributed by atoms with Gasteiger partial charge in [-0.3, -0.25) is 14.3 Å². The fourth-order valence-electron chi connectivity index (χ4n) is 3.55. The molecule has 3 rings (SSSR count). The van der Waals surface area contributed by atoms with E-state index in [0.717, 1.165) is 37.1 Å². The van der Waals surface area contributed by atoms with Crippen LogP contribution in [0.2, 0.25) is 0 Å². The van der Waals surface area contributed by atoms with E-state index in [9.17, 15) is 9.59 Å². The molecular formula is C19H24N4O2. The average molecular weight is 340 g/mol. The molecule has 1 aliphatic heterocycles. The van der Waals surface area contributed by atoms with Crippen molar-refractivity contribution in [2.45, 2.75) is 52.1 Å². The smallest absolute Gasteiger partial charge is 0.336 e. The molecule has 0 N–H and O–H groups in total. The fraction of sp³-hybridized carbons (Fsp3) is 0.474. The predicted molar refractivity (Wildman–Crippen MR) is 95.1 cm³/mol. The van der Waals surface area contributed by atoms with E-state index in [4.69, 9.17) is 0 Å². The molecule has 25 heavy (non-hydrogen) atoms. The van der Waals surface area contributed by atoms with Crippen molar-refractivity contribution >= 4 is 5.91 Å². The summed E-state index contributed by atoms with van der Waals surface area (Å²) in [5, 5.41) is 0. The Morgan fingerprint density at radius 1 is 1.32 bits per heavy atom. The summed E-state index contributed by atoms with van der Waals surface area (Å²) < 4.78 is 1.58. The first kappa shape index (κ1) is 17.3. The van der Waals surface area contributed by atoms with E-state index < -0.39 is 0 Å².